The zero-order valence-electron chi connectivity index (χ0n) is 22.8. The molecule has 5 rings (SSSR count). The van der Waals surface area contributed by atoms with Gasteiger partial charge < -0.3 is 19.8 Å². The van der Waals surface area contributed by atoms with Crippen LogP contribution < -0.4 is 9.80 Å². The van der Waals surface area contributed by atoms with Crippen LogP contribution in [-0.2, 0) is 26.5 Å². The molecule has 0 bridgehead atoms. The van der Waals surface area contributed by atoms with Crippen molar-refractivity contribution in [1.29, 1.82) is 0 Å². The van der Waals surface area contributed by atoms with Crippen molar-refractivity contribution in [2.45, 2.75) is 25.5 Å². The summed E-state index contributed by atoms with van der Waals surface area (Å²) in [4.78, 5) is 43.7. The number of ether oxygens (including phenoxy) is 1. The van der Waals surface area contributed by atoms with Gasteiger partial charge in [0, 0.05) is 42.4 Å². The van der Waals surface area contributed by atoms with Crippen LogP contribution in [0.4, 0.5) is 21.9 Å². The molecule has 3 aromatic carbocycles. The molecule has 0 radical (unpaired) electrons. The van der Waals surface area contributed by atoms with E-state index in [9.17, 15) is 24.6 Å². The summed E-state index contributed by atoms with van der Waals surface area (Å²) in [5, 5.41) is 21.6. The number of para-hydroxylation sites is 1. The van der Waals surface area contributed by atoms with Crippen LogP contribution >= 0.6 is 0 Å². The second-order valence-corrected chi connectivity index (χ2v) is 10.2. The number of hydrogen-bond acceptors (Lipinski definition) is 6. The fourth-order valence-corrected chi connectivity index (χ4v) is 5.35. The number of hydrogen-bond donors (Lipinski definition) is 2. The van der Waals surface area contributed by atoms with E-state index in [1.807, 2.05) is 48.5 Å². The zero-order chi connectivity index (χ0) is 29.0. The lowest BCUT2D eigenvalue weighted by molar-refractivity contribution is -0.138. The third kappa shape index (κ3) is 5.46. The van der Waals surface area contributed by atoms with Crippen LogP contribution in [0.5, 0.6) is 0 Å². The van der Waals surface area contributed by atoms with E-state index in [2.05, 4.69) is 0 Å². The van der Waals surface area contributed by atoms with Gasteiger partial charge in [0.15, 0.2) is 5.60 Å². The van der Waals surface area contributed by atoms with Crippen molar-refractivity contribution in [3.05, 3.63) is 102 Å². The number of nitrogens with zero attached hydrogens (tertiary/aromatic N) is 3. The Hall–Kier alpha value is -4.47. The van der Waals surface area contributed by atoms with Gasteiger partial charge in [-0.25, -0.2) is 4.79 Å². The van der Waals surface area contributed by atoms with E-state index in [0.717, 1.165) is 5.56 Å². The van der Waals surface area contributed by atoms with Gasteiger partial charge in [0.2, 0.25) is 5.91 Å². The van der Waals surface area contributed by atoms with Crippen molar-refractivity contribution in [3.8, 4) is 0 Å². The highest BCUT2D eigenvalue weighted by Crippen LogP contribution is 2.49. The van der Waals surface area contributed by atoms with Crippen molar-refractivity contribution >= 4 is 35.0 Å². The Morgan fingerprint density at radius 3 is 2.41 bits per heavy atom. The molecule has 1 saturated heterocycles. The zero-order valence-corrected chi connectivity index (χ0v) is 22.8. The van der Waals surface area contributed by atoms with E-state index in [4.69, 9.17) is 4.74 Å². The van der Waals surface area contributed by atoms with E-state index >= 15 is 0 Å². The molecule has 0 saturated carbocycles. The molecule has 3 amide bonds. The number of benzene rings is 3. The van der Waals surface area contributed by atoms with Crippen LogP contribution in [0.2, 0.25) is 0 Å². The molecule has 41 heavy (non-hydrogen) atoms. The SMILES string of the molecule is C[C@@H](/C=C/CC(=O)N(CCO)Cc1ccccc1)[C@]1(O)C(=O)N(c2ccccc2)c2ccc(N3CCOC3=O)cc21. The van der Waals surface area contributed by atoms with Crippen molar-refractivity contribution in [2.24, 2.45) is 5.92 Å². The number of cyclic esters (lactones) is 1. The third-order valence-corrected chi connectivity index (χ3v) is 7.56. The van der Waals surface area contributed by atoms with Gasteiger partial charge in [-0.15, -0.1) is 0 Å². The maximum Gasteiger partial charge on any atom is 0.414 e. The smallest absolute Gasteiger partial charge is 0.414 e. The maximum absolute atomic E-state index is 14.0. The first-order valence-electron chi connectivity index (χ1n) is 13.6. The molecular formula is C32H33N3O6. The fourth-order valence-electron chi connectivity index (χ4n) is 5.35. The summed E-state index contributed by atoms with van der Waals surface area (Å²) in [5.41, 5.74) is 1.03. The van der Waals surface area contributed by atoms with Crippen LogP contribution in [0.3, 0.4) is 0 Å². The highest BCUT2D eigenvalue weighted by molar-refractivity contribution is 6.12. The molecule has 1 fully saturated rings. The van der Waals surface area contributed by atoms with Gasteiger partial charge in [-0.05, 0) is 35.9 Å². The van der Waals surface area contributed by atoms with E-state index in [-0.39, 0.29) is 32.1 Å². The molecule has 0 spiro atoms. The van der Waals surface area contributed by atoms with Gasteiger partial charge in [0.05, 0.1) is 18.8 Å². The Bertz CT molecular complexity index is 1440. The second-order valence-electron chi connectivity index (χ2n) is 10.2. The summed E-state index contributed by atoms with van der Waals surface area (Å²) in [6, 6.07) is 23.7. The molecule has 2 N–H and O–H groups in total. The minimum atomic E-state index is -1.95. The molecule has 212 valence electrons. The molecule has 2 aliphatic heterocycles. The quantitative estimate of drug-likeness (QED) is 0.365. The highest BCUT2D eigenvalue weighted by Gasteiger charge is 2.53. The Labute approximate surface area is 238 Å². The summed E-state index contributed by atoms with van der Waals surface area (Å²) in [7, 11) is 0. The lowest BCUT2D eigenvalue weighted by Crippen LogP contribution is -2.42. The van der Waals surface area contributed by atoms with Gasteiger partial charge in [0.1, 0.15) is 6.61 Å². The van der Waals surface area contributed by atoms with Gasteiger partial charge in [-0.2, -0.15) is 0 Å². The van der Waals surface area contributed by atoms with E-state index in [1.165, 1.54) is 9.80 Å². The molecule has 2 aliphatic rings. The summed E-state index contributed by atoms with van der Waals surface area (Å²) in [5.74, 6) is -1.41. The van der Waals surface area contributed by atoms with Crippen LogP contribution in [0.15, 0.2) is 91.0 Å². The van der Waals surface area contributed by atoms with Crippen LogP contribution in [0.25, 0.3) is 0 Å². The van der Waals surface area contributed by atoms with Gasteiger partial charge >= 0.3 is 6.09 Å². The molecule has 9 nitrogen and oxygen atoms in total. The minimum absolute atomic E-state index is 0.0381. The standard InChI is InChI=1S/C32H33N3O6/c1-23(9-8-14-29(37)33(17-19-36)22-24-10-4-2-5-11-24)32(40)27-21-26(34-18-20-41-31(34)39)15-16-28(27)35(30(32)38)25-12-6-3-7-13-25/h2-13,15-16,21,23,36,40H,14,17-20,22H2,1H3/b9-8+/t23-,32+/m0/s1. The van der Waals surface area contributed by atoms with Crippen molar-refractivity contribution in [1.82, 2.24) is 4.90 Å². The summed E-state index contributed by atoms with van der Waals surface area (Å²) >= 11 is 0. The predicted molar refractivity (Wildman–Crippen MR) is 154 cm³/mol. The van der Waals surface area contributed by atoms with Crippen molar-refractivity contribution in [3.63, 3.8) is 0 Å². The number of amides is 3. The summed E-state index contributed by atoms with van der Waals surface area (Å²) in [6.45, 7) is 2.76. The monoisotopic (exact) mass is 555 g/mol. The Morgan fingerprint density at radius 1 is 1.05 bits per heavy atom. The first kappa shape index (κ1) is 28.1. The number of carbonyl (C=O) groups is 3. The third-order valence-electron chi connectivity index (χ3n) is 7.56. The second kappa shape index (κ2) is 12.0. The first-order chi connectivity index (χ1) is 19.8. The molecule has 3 aromatic rings. The van der Waals surface area contributed by atoms with Crippen molar-refractivity contribution < 1.29 is 29.3 Å². The van der Waals surface area contributed by atoms with E-state index < -0.39 is 23.5 Å². The number of fused-ring (bicyclic) bond motifs is 1. The first-order valence-corrected chi connectivity index (χ1v) is 13.6. The molecule has 0 aliphatic carbocycles. The average Bonchev–Trinajstić information content (AvgIpc) is 3.52. The minimum Gasteiger partial charge on any atom is -0.447 e. The largest absolute Gasteiger partial charge is 0.447 e. The van der Waals surface area contributed by atoms with Gasteiger partial charge in [0.25, 0.3) is 5.91 Å². The number of aliphatic hydroxyl groups excluding tert-OH is 1. The Balaban J connectivity index is 1.41. The molecule has 0 aromatic heterocycles. The molecular weight excluding hydrogens is 522 g/mol. The highest BCUT2D eigenvalue weighted by atomic mass is 16.6. The molecule has 0 unspecified atom stereocenters. The van der Waals surface area contributed by atoms with Crippen LogP contribution in [0, 0.1) is 5.92 Å². The Kier molecular flexibility index (Phi) is 8.19. The van der Waals surface area contributed by atoms with Crippen molar-refractivity contribution in [2.75, 3.05) is 36.1 Å². The summed E-state index contributed by atoms with van der Waals surface area (Å²) < 4.78 is 5.08. The van der Waals surface area contributed by atoms with Gasteiger partial charge in [-0.3, -0.25) is 19.4 Å². The number of rotatable bonds is 10. The maximum atomic E-state index is 14.0. The Morgan fingerprint density at radius 2 is 1.76 bits per heavy atom. The topological polar surface area (TPSA) is 111 Å². The fraction of sp³-hybridized carbons (Fsp3) is 0.281. The van der Waals surface area contributed by atoms with Gasteiger partial charge in [-0.1, -0.05) is 67.6 Å². The number of aliphatic hydroxyl groups is 2. The molecule has 2 heterocycles. The lowest BCUT2D eigenvalue weighted by Gasteiger charge is -2.28. The molecule has 2 atom stereocenters. The number of anilines is 3. The summed E-state index contributed by atoms with van der Waals surface area (Å²) in [6.07, 6.45) is 2.88. The van der Waals surface area contributed by atoms with Crippen LogP contribution in [0.1, 0.15) is 24.5 Å². The predicted octanol–water partition coefficient (Wildman–Crippen LogP) is 4.11. The lowest BCUT2D eigenvalue weighted by atomic mass is 9.82. The van der Waals surface area contributed by atoms with Crippen LogP contribution in [-0.4, -0.2) is 59.3 Å². The average molecular weight is 556 g/mol. The normalized spacial score (nSPS) is 19.0. The van der Waals surface area contributed by atoms with E-state index in [0.29, 0.717) is 35.7 Å². The van der Waals surface area contributed by atoms with E-state index in [1.54, 1.807) is 54.3 Å². The number of carbonyl (C=O) groups excluding carboxylic acids is 3. The molecule has 9 heteroatoms.